The fraction of sp³-hybridized carbons (Fsp3) is 0.500. The Morgan fingerprint density at radius 1 is 1.36 bits per heavy atom. The number of halogens is 1. The molecule has 0 saturated carbocycles. The van der Waals surface area contributed by atoms with E-state index in [9.17, 15) is 0 Å². The molecule has 0 amide bonds. The smallest absolute Gasteiger partial charge is 0.0456 e. The summed E-state index contributed by atoms with van der Waals surface area (Å²) in [7, 11) is 0. The molecule has 2 heteroatoms. The number of fused-ring (bicyclic) bond motifs is 1. The summed E-state index contributed by atoms with van der Waals surface area (Å²) in [6.07, 6.45) is 4.57. The predicted molar refractivity (Wildman–Crippen MR) is 60.7 cm³/mol. The summed E-state index contributed by atoms with van der Waals surface area (Å²) in [5.41, 5.74) is 10.00. The maximum atomic E-state index is 6.20. The van der Waals surface area contributed by atoms with E-state index in [4.69, 9.17) is 17.3 Å². The van der Waals surface area contributed by atoms with Crippen LogP contribution in [0, 0.1) is 0 Å². The molecular formula is C12H16ClN. The molecule has 1 aliphatic carbocycles. The van der Waals surface area contributed by atoms with E-state index in [0.29, 0.717) is 0 Å². The van der Waals surface area contributed by atoms with Crippen molar-refractivity contribution in [2.45, 2.75) is 38.6 Å². The van der Waals surface area contributed by atoms with Crippen molar-refractivity contribution >= 4 is 11.6 Å². The van der Waals surface area contributed by atoms with Gasteiger partial charge in [0, 0.05) is 11.1 Å². The van der Waals surface area contributed by atoms with Gasteiger partial charge in [-0.05, 0) is 48.4 Å². The number of aryl methyl sites for hydroxylation is 2. The maximum Gasteiger partial charge on any atom is 0.0456 e. The third-order valence-electron chi connectivity index (χ3n) is 3.05. The van der Waals surface area contributed by atoms with E-state index in [-0.39, 0.29) is 6.04 Å². The van der Waals surface area contributed by atoms with E-state index in [1.54, 1.807) is 0 Å². The molecular weight excluding hydrogens is 194 g/mol. The van der Waals surface area contributed by atoms with E-state index < -0.39 is 0 Å². The van der Waals surface area contributed by atoms with Crippen LogP contribution < -0.4 is 5.73 Å². The molecule has 0 heterocycles. The molecule has 0 radical (unpaired) electrons. The molecule has 0 spiro atoms. The zero-order valence-electron chi connectivity index (χ0n) is 8.52. The Hall–Kier alpha value is -0.530. The molecule has 1 aromatic carbocycles. The third kappa shape index (κ3) is 1.67. The molecule has 0 aliphatic heterocycles. The molecule has 2 N–H and O–H groups in total. The lowest BCUT2D eigenvalue weighted by Crippen LogP contribution is -2.09. The van der Waals surface area contributed by atoms with Gasteiger partial charge in [0.05, 0.1) is 0 Å². The maximum absolute atomic E-state index is 6.20. The zero-order valence-corrected chi connectivity index (χ0v) is 9.27. The number of rotatable bonds is 2. The minimum absolute atomic E-state index is 0.0911. The van der Waals surface area contributed by atoms with Gasteiger partial charge >= 0.3 is 0 Å². The van der Waals surface area contributed by atoms with Crippen LogP contribution in [0.2, 0.25) is 5.02 Å². The van der Waals surface area contributed by atoms with Crippen LogP contribution in [-0.2, 0) is 12.8 Å². The second-order valence-corrected chi connectivity index (χ2v) is 4.42. The minimum Gasteiger partial charge on any atom is -0.324 e. The first-order valence-electron chi connectivity index (χ1n) is 5.29. The van der Waals surface area contributed by atoms with Gasteiger partial charge in [0.1, 0.15) is 0 Å². The Bertz CT molecular complexity index is 346. The van der Waals surface area contributed by atoms with E-state index in [0.717, 1.165) is 17.0 Å². The summed E-state index contributed by atoms with van der Waals surface area (Å²) in [5, 5.41) is 0.847. The van der Waals surface area contributed by atoms with Gasteiger partial charge in [-0.1, -0.05) is 24.6 Å². The van der Waals surface area contributed by atoms with Crippen LogP contribution in [0.3, 0.4) is 0 Å². The lowest BCUT2D eigenvalue weighted by atomic mass is 10.00. The number of benzene rings is 1. The molecule has 0 bridgehead atoms. The summed E-state index contributed by atoms with van der Waals surface area (Å²) < 4.78 is 0. The summed E-state index contributed by atoms with van der Waals surface area (Å²) in [6.45, 7) is 2.09. The molecule has 1 aliphatic rings. The van der Waals surface area contributed by atoms with Gasteiger partial charge in [0.2, 0.25) is 0 Å². The molecule has 1 aromatic rings. The molecule has 0 saturated heterocycles. The fourth-order valence-electron chi connectivity index (χ4n) is 2.12. The lowest BCUT2D eigenvalue weighted by molar-refractivity contribution is 0.698. The Balaban J connectivity index is 2.42. The van der Waals surface area contributed by atoms with Crippen molar-refractivity contribution in [1.82, 2.24) is 0 Å². The second kappa shape index (κ2) is 3.92. The van der Waals surface area contributed by atoms with Gasteiger partial charge in [-0.3, -0.25) is 0 Å². The van der Waals surface area contributed by atoms with Gasteiger partial charge in [-0.2, -0.15) is 0 Å². The largest absolute Gasteiger partial charge is 0.324 e. The minimum atomic E-state index is 0.0911. The van der Waals surface area contributed by atoms with Crippen LogP contribution in [0.5, 0.6) is 0 Å². The summed E-state index contributed by atoms with van der Waals surface area (Å²) in [4.78, 5) is 0. The highest BCUT2D eigenvalue weighted by atomic mass is 35.5. The molecule has 1 nitrogen and oxygen atoms in total. The van der Waals surface area contributed by atoms with Crippen LogP contribution >= 0.6 is 11.6 Å². The third-order valence-corrected chi connectivity index (χ3v) is 3.38. The van der Waals surface area contributed by atoms with E-state index >= 15 is 0 Å². The lowest BCUT2D eigenvalue weighted by Gasteiger charge is -2.13. The molecule has 0 aromatic heterocycles. The summed E-state index contributed by atoms with van der Waals surface area (Å²) in [5.74, 6) is 0. The average Bonchev–Trinajstić information content (AvgIpc) is 2.62. The van der Waals surface area contributed by atoms with Crippen LogP contribution in [0.15, 0.2) is 12.1 Å². The highest BCUT2D eigenvalue weighted by molar-refractivity contribution is 6.31. The predicted octanol–water partition coefficient (Wildman–Crippen LogP) is 3.24. The summed E-state index contributed by atoms with van der Waals surface area (Å²) >= 11 is 6.20. The van der Waals surface area contributed by atoms with E-state index in [1.165, 1.54) is 30.4 Å². The molecule has 2 rings (SSSR count). The number of hydrogen-bond acceptors (Lipinski definition) is 1. The first-order chi connectivity index (χ1) is 6.72. The standard InChI is InChI=1S/C12H16ClN/c1-2-12(14)10-6-8-4-3-5-9(8)7-11(10)13/h6-7,12H,2-5,14H2,1H3. The van der Waals surface area contributed by atoms with Gasteiger partial charge in [0.15, 0.2) is 0 Å². The van der Waals surface area contributed by atoms with E-state index in [2.05, 4.69) is 19.1 Å². The molecule has 0 fully saturated rings. The average molecular weight is 210 g/mol. The first-order valence-corrected chi connectivity index (χ1v) is 5.67. The van der Waals surface area contributed by atoms with Gasteiger partial charge in [-0.15, -0.1) is 0 Å². The van der Waals surface area contributed by atoms with Crippen molar-refractivity contribution in [3.05, 3.63) is 33.8 Å². The molecule has 1 atom stereocenters. The van der Waals surface area contributed by atoms with Crippen LogP contribution in [-0.4, -0.2) is 0 Å². The Morgan fingerprint density at radius 3 is 2.64 bits per heavy atom. The Labute approximate surface area is 90.3 Å². The summed E-state index contributed by atoms with van der Waals surface area (Å²) in [6, 6.07) is 4.40. The van der Waals surface area contributed by atoms with Crippen molar-refractivity contribution in [3.8, 4) is 0 Å². The van der Waals surface area contributed by atoms with Crippen molar-refractivity contribution in [2.75, 3.05) is 0 Å². The van der Waals surface area contributed by atoms with Crippen LogP contribution in [0.1, 0.15) is 42.5 Å². The topological polar surface area (TPSA) is 26.0 Å². The van der Waals surface area contributed by atoms with Crippen molar-refractivity contribution < 1.29 is 0 Å². The van der Waals surface area contributed by atoms with Crippen molar-refractivity contribution in [3.63, 3.8) is 0 Å². The van der Waals surface area contributed by atoms with Crippen molar-refractivity contribution in [1.29, 1.82) is 0 Å². The molecule has 76 valence electrons. The first kappa shape index (κ1) is 10.0. The molecule has 14 heavy (non-hydrogen) atoms. The van der Waals surface area contributed by atoms with Gasteiger partial charge < -0.3 is 5.73 Å². The number of nitrogens with two attached hydrogens (primary N) is 1. The zero-order chi connectivity index (χ0) is 10.1. The normalized spacial score (nSPS) is 16.8. The monoisotopic (exact) mass is 209 g/mol. The van der Waals surface area contributed by atoms with Crippen LogP contribution in [0.25, 0.3) is 0 Å². The fourth-order valence-corrected chi connectivity index (χ4v) is 2.44. The van der Waals surface area contributed by atoms with E-state index in [1.807, 2.05) is 0 Å². The SMILES string of the molecule is CCC(N)c1cc2c(cc1Cl)CCC2. The number of hydrogen-bond donors (Lipinski definition) is 1. The Morgan fingerprint density at radius 2 is 2.00 bits per heavy atom. The highest BCUT2D eigenvalue weighted by Crippen LogP contribution is 2.31. The Kier molecular flexibility index (Phi) is 2.80. The second-order valence-electron chi connectivity index (χ2n) is 4.01. The highest BCUT2D eigenvalue weighted by Gasteiger charge is 2.16. The van der Waals surface area contributed by atoms with Gasteiger partial charge in [0.25, 0.3) is 0 Å². The molecule has 1 unspecified atom stereocenters. The van der Waals surface area contributed by atoms with Gasteiger partial charge in [-0.25, -0.2) is 0 Å². The van der Waals surface area contributed by atoms with Crippen molar-refractivity contribution in [2.24, 2.45) is 5.73 Å². The quantitative estimate of drug-likeness (QED) is 0.795. The van der Waals surface area contributed by atoms with Crippen LogP contribution in [0.4, 0.5) is 0 Å².